The number of nitrogens with one attached hydrogen (secondary N) is 1. The van der Waals surface area contributed by atoms with Crippen molar-refractivity contribution in [2.45, 2.75) is 52.2 Å². The summed E-state index contributed by atoms with van der Waals surface area (Å²) in [6.07, 6.45) is 3.27. The Balaban J connectivity index is 1.33. The van der Waals surface area contributed by atoms with Gasteiger partial charge in [-0.2, -0.15) is 0 Å². The van der Waals surface area contributed by atoms with E-state index in [2.05, 4.69) is 5.32 Å². The summed E-state index contributed by atoms with van der Waals surface area (Å²) >= 11 is 6.18. The number of aromatic nitrogens is 2. The Kier molecular flexibility index (Phi) is 8.30. The van der Waals surface area contributed by atoms with E-state index in [1.54, 1.807) is 4.90 Å². The van der Waals surface area contributed by atoms with E-state index in [0.717, 1.165) is 22.2 Å². The van der Waals surface area contributed by atoms with Gasteiger partial charge in [0, 0.05) is 49.7 Å². The molecule has 2 aromatic carbocycles. The summed E-state index contributed by atoms with van der Waals surface area (Å²) in [5, 5.41) is 2.78. The SMILES string of the molecule is CC(C)Cn1c(=O)c(-c2cccc(F)c2Cl)cn(CC(=O)N2CCC(N3CCc4ccccc4NC3=O)CC2)c1=O. The van der Waals surface area contributed by atoms with Gasteiger partial charge in [0.15, 0.2) is 0 Å². The summed E-state index contributed by atoms with van der Waals surface area (Å²) < 4.78 is 16.5. The largest absolute Gasteiger partial charge is 0.341 e. The van der Waals surface area contributed by atoms with Crippen LogP contribution in [-0.4, -0.2) is 56.5 Å². The lowest BCUT2D eigenvalue weighted by Crippen LogP contribution is -2.51. The number of hydrogen-bond donors (Lipinski definition) is 1. The molecule has 0 radical (unpaired) electrons. The van der Waals surface area contributed by atoms with Gasteiger partial charge in [0.1, 0.15) is 12.4 Å². The molecule has 5 rings (SSSR count). The van der Waals surface area contributed by atoms with Crippen molar-refractivity contribution in [2.75, 3.05) is 25.0 Å². The number of likely N-dealkylation sites (tertiary alicyclic amines) is 1. The third-order valence-electron chi connectivity index (χ3n) is 7.73. The number of urea groups is 1. The molecule has 0 aliphatic carbocycles. The summed E-state index contributed by atoms with van der Waals surface area (Å²) in [6, 6.07) is 11.8. The molecular formula is C30H33ClFN5O4. The number of para-hydroxylation sites is 1. The normalized spacial score (nSPS) is 16.0. The van der Waals surface area contributed by atoms with Crippen molar-refractivity contribution in [2.24, 2.45) is 5.92 Å². The number of anilines is 1. The molecule has 0 unspecified atom stereocenters. The Morgan fingerprint density at radius 2 is 1.76 bits per heavy atom. The number of carbonyl (C=O) groups is 2. The van der Waals surface area contributed by atoms with Crippen molar-refractivity contribution < 1.29 is 14.0 Å². The zero-order valence-corrected chi connectivity index (χ0v) is 23.9. The number of hydrogen-bond acceptors (Lipinski definition) is 4. The Hall–Kier alpha value is -3.92. The van der Waals surface area contributed by atoms with Crippen LogP contribution in [0.15, 0.2) is 58.3 Å². The summed E-state index contributed by atoms with van der Waals surface area (Å²) in [5.74, 6) is -0.979. The second-order valence-electron chi connectivity index (χ2n) is 11.0. The molecule has 1 aromatic heterocycles. The predicted molar refractivity (Wildman–Crippen MR) is 156 cm³/mol. The molecule has 3 aromatic rings. The van der Waals surface area contributed by atoms with Gasteiger partial charge in [0.05, 0.1) is 10.6 Å². The third kappa shape index (κ3) is 5.93. The van der Waals surface area contributed by atoms with Crippen LogP contribution >= 0.6 is 11.6 Å². The van der Waals surface area contributed by atoms with Gasteiger partial charge in [-0.05, 0) is 42.9 Å². The second kappa shape index (κ2) is 11.9. The summed E-state index contributed by atoms with van der Waals surface area (Å²) in [6.45, 7) is 5.07. The second-order valence-corrected chi connectivity index (χ2v) is 11.4. The highest BCUT2D eigenvalue weighted by Gasteiger charge is 2.31. The van der Waals surface area contributed by atoms with E-state index in [4.69, 9.17) is 11.6 Å². The molecule has 3 heterocycles. The van der Waals surface area contributed by atoms with Crippen molar-refractivity contribution in [3.05, 3.63) is 85.9 Å². The van der Waals surface area contributed by atoms with Crippen molar-refractivity contribution in [3.63, 3.8) is 0 Å². The van der Waals surface area contributed by atoms with E-state index in [0.29, 0.717) is 32.5 Å². The molecule has 1 fully saturated rings. The first-order valence-corrected chi connectivity index (χ1v) is 14.2. The summed E-state index contributed by atoms with van der Waals surface area (Å²) in [5.41, 5.74) is 0.945. The van der Waals surface area contributed by atoms with Gasteiger partial charge >= 0.3 is 11.7 Å². The molecule has 216 valence electrons. The molecule has 1 saturated heterocycles. The fraction of sp³-hybridized carbons (Fsp3) is 0.400. The first-order chi connectivity index (χ1) is 19.6. The van der Waals surface area contributed by atoms with Crippen molar-refractivity contribution in [1.29, 1.82) is 0 Å². The Morgan fingerprint density at radius 3 is 2.49 bits per heavy atom. The van der Waals surface area contributed by atoms with Gasteiger partial charge in [-0.3, -0.25) is 18.7 Å². The first kappa shape index (κ1) is 28.6. The molecule has 11 heteroatoms. The molecule has 2 aliphatic heterocycles. The highest BCUT2D eigenvalue weighted by molar-refractivity contribution is 6.33. The highest BCUT2D eigenvalue weighted by atomic mass is 35.5. The molecular weight excluding hydrogens is 549 g/mol. The Morgan fingerprint density at radius 1 is 1.02 bits per heavy atom. The Bertz CT molecular complexity index is 1590. The van der Waals surface area contributed by atoms with Gasteiger partial charge in [0.25, 0.3) is 5.56 Å². The van der Waals surface area contributed by atoms with Crippen molar-refractivity contribution in [1.82, 2.24) is 18.9 Å². The molecule has 9 nitrogen and oxygen atoms in total. The topological polar surface area (TPSA) is 96.7 Å². The van der Waals surface area contributed by atoms with Crippen molar-refractivity contribution >= 4 is 29.2 Å². The molecule has 0 bridgehead atoms. The number of amides is 3. The predicted octanol–water partition coefficient (Wildman–Crippen LogP) is 4.21. The van der Waals surface area contributed by atoms with Gasteiger partial charge in [-0.1, -0.05) is 55.8 Å². The maximum Gasteiger partial charge on any atom is 0.331 e. The van der Waals surface area contributed by atoms with E-state index in [9.17, 15) is 23.6 Å². The number of fused-ring (bicyclic) bond motifs is 1. The quantitative estimate of drug-likeness (QED) is 0.472. The Labute approximate surface area is 242 Å². The lowest BCUT2D eigenvalue weighted by atomic mass is 10.0. The number of rotatable bonds is 6. The highest BCUT2D eigenvalue weighted by Crippen LogP contribution is 2.28. The minimum absolute atomic E-state index is 0.00856. The van der Waals surface area contributed by atoms with Crippen LogP contribution in [0.1, 0.15) is 32.3 Å². The maximum absolute atomic E-state index is 14.2. The third-order valence-corrected chi connectivity index (χ3v) is 8.12. The molecule has 41 heavy (non-hydrogen) atoms. The van der Waals surface area contributed by atoms with Gasteiger partial charge in [0.2, 0.25) is 5.91 Å². The minimum Gasteiger partial charge on any atom is -0.341 e. The molecule has 0 saturated carbocycles. The fourth-order valence-corrected chi connectivity index (χ4v) is 5.83. The van der Waals surface area contributed by atoms with Gasteiger partial charge < -0.3 is 15.1 Å². The van der Waals surface area contributed by atoms with Crippen LogP contribution in [-0.2, 0) is 24.3 Å². The van der Waals surface area contributed by atoms with Crippen molar-refractivity contribution in [3.8, 4) is 11.1 Å². The van der Waals surface area contributed by atoms with Crippen LogP contribution in [0.4, 0.5) is 14.9 Å². The number of piperidine rings is 1. The van der Waals surface area contributed by atoms with Gasteiger partial charge in [-0.25, -0.2) is 14.0 Å². The number of carbonyl (C=O) groups excluding carboxylic acids is 2. The average Bonchev–Trinajstić information content (AvgIpc) is 3.12. The fourth-order valence-electron chi connectivity index (χ4n) is 5.60. The number of benzene rings is 2. The average molecular weight is 582 g/mol. The van der Waals surface area contributed by atoms with Crippen LogP contribution in [0.3, 0.4) is 0 Å². The number of halogens is 2. The van der Waals surface area contributed by atoms with Gasteiger partial charge in [-0.15, -0.1) is 0 Å². The summed E-state index contributed by atoms with van der Waals surface area (Å²) in [4.78, 5) is 56.4. The van der Waals surface area contributed by atoms with Crippen LogP contribution in [0.5, 0.6) is 0 Å². The molecule has 2 aliphatic rings. The zero-order valence-electron chi connectivity index (χ0n) is 23.1. The smallest absolute Gasteiger partial charge is 0.331 e. The van der Waals surface area contributed by atoms with E-state index < -0.39 is 17.1 Å². The van der Waals surface area contributed by atoms with E-state index >= 15 is 0 Å². The summed E-state index contributed by atoms with van der Waals surface area (Å²) in [7, 11) is 0. The lowest BCUT2D eigenvalue weighted by Gasteiger charge is -2.38. The van der Waals surface area contributed by atoms with Crippen LogP contribution in [0.2, 0.25) is 5.02 Å². The molecule has 0 spiro atoms. The van der Waals surface area contributed by atoms with E-state index in [1.807, 2.05) is 43.0 Å². The van der Waals surface area contributed by atoms with Crippen LogP contribution < -0.4 is 16.6 Å². The zero-order chi connectivity index (χ0) is 29.3. The number of nitrogens with zero attached hydrogens (tertiary/aromatic N) is 4. The van der Waals surface area contributed by atoms with E-state index in [1.165, 1.54) is 29.0 Å². The van der Waals surface area contributed by atoms with Crippen LogP contribution in [0.25, 0.3) is 11.1 Å². The lowest BCUT2D eigenvalue weighted by molar-refractivity contribution is -0.133. The minimum atomic E-state index is -0.683. The first-order valence-electron chi connectivity index (χ1n) is 13.9. The monoisotopic (exact) mass is 581 g/mol. The molecule has 1 N–H and O–H groups in total. The molecule has 3 amide bonds. The standard InChI is InChI=1S/C30H33ClFN5O4/c1-19(2)16-37-28(39)23(22-7-5-8-24(32)27(22)31)17-35(30(37)41)18-26(38)34-13-11-21(12-14-34)36-15-10-20-6-3-4-9-25(20)33-29(36)40/h3-9,17,19,21H,10-16,18H2,1-2H3,(H,33,40). The van der Waals surface area contributed by atoms with Crippen LogP contribution in [0, 0.1) is 11.7 Å². The van der Waals surface area contributed by atoms with E-state index in [-0.39, 0.29) is 53.1 Å². The molecule has 0 atom stereocenters. The maximum atomic E-state index is 14.2.